The molecule has 0 bridgehead atoms. The number of aromatic nitrogens is 2. The molecule has 0 aliphatic rings. The number of aromatic amines is 1. The Hall–Kier alpha value is -2.70. The van der Waals surface area contributed by atoms with Crippen LogP contribution in [0.25, 0.3) is 0 Å². The van der Waals surface area contributed by atoms with E-state index in [2.05, 4.69) is 15.5 Å². The van der Waals surface area contributed by atoms with Gasteiger partial charge in [-0.15, -0.1) is 0 Å². The van der Waals surface area contributed by atoms with Crippen LogP contribution >= 0.6 is 0 Å². The molecule has 1 heterocycles. The minimum Gasteiger partial charge on any atom is -0.497 e. The van der Waals surface area contributed by atoms with Gasteiger partial charge in [0.25, 0.3) is 5.91 Å². The number of rotatable bonds is 4. The van der Waals surface area contributed by atoms with Crippen LogP contribution in [0.4, 0.5) is 11.4 Å². The van der Waals surface area contributed by atoms with Gasteiger partial charge in [-0.05, 0) is 12.1 Å². The van der Waals surface area contributed by atoms with Crippen molar-refractivity contribution >= 4 is 17.3 Å². The first kappa shape index (κ1) is 12.7. The first-order valence-electron chi connectivity index (χ1n) is 5.48. The Labute approximate surface area is 109 Å². The summed E-state index contributed by atoms with van der Waals surface area (Å²) in [6.07, 6.45) is 1.38. The number of hydrogen-bond acceptors (Lipinski definition) is 5. The zero-order valence-corrected chi connectivity index (χ0v) is 10.6. The minimum absolute atomic E-state index is 0.206. The molecule has 100 valence electrons. The highest BCUT2D eigenvalue weighted by atomic mass is 16.5. The summed E-state index contributed by atoms with van der Waals surface area (Å²) in [6.45, 7) is 0. The molecule has 0 aliphatic carbocycles. The van der Waals surface area contributed by atoms with Gasteiger partial charge in [-0.25, -0.2) is 0 Å². The monoisotopic (exact) mass is 262 g/mol. The van der Waals surface area contributed by atoms with Crippen molar-refractivity contribution < 1.29 is 14.3 Å². The molecule has 7 heteroatoms. The first-order chi connectivity index (χ1) is 9.15. The third-order valence-corrected chi connectivity index (χ3v) is 2.55. The van der Waals surface area contributed by atoms with Gasteiger partial charge in [0.2, 0.25) is 0 Å². The van der Waals surface area contributed by atoms with E-state index in [1.807, 2.05) is 0 Å². The second-order valence-corrected chi connectivity index (χ2v) is 3.72. The van der Waals surface area contributed by atoms with Crippen molar-refractivity contribution in [2.75, 3.05) is 25.3 Å². The molecule has 0 radical (unpaired) electrons. The summed E-state index contributed by atoms with van der Waals surface area (Å²) in [6, 6.07) is 5.07. The lowest BCUT2D eigenvalue weighted by Crippen LogP contribution is -2.14. The number of carbonyl (C=O) groups is 1. The average molecular weight is 262 g/mol. The normalized spacial score (nSPS) is 10.0. The Kier molecular flexibility index (Phi) is 3.56. The van der Waals surface area contributed by atoms with Crippen LogP contribution in [0.2, 0.25) is 0 Å². The third kappa shape index (κ3) is 2.59. The number of benzene rings is 1. The molecular weight excluding hydrogens is 248 g/mol. The Morgan fingerprint density at radius 3 is 2.74 bits per heavy atom. The van der Waals surface area contributed by atoms with E-state index in [1.54, 1.807) is 25.3 Å². The van der Waals surface area contributed by atoms with E-state index in [0.717, 1.165) is 0 Å². The zero-order chi connectivity index (χ0) is 13.8. The van der Waals surface area contributed by atoms with Crippen LogP contribution in [0.3, 0.4) is 0 Å². The lowest BCUT2D eigenvalue weighted by molar-refractivity contribution is 0.102. The topological polar surface area (TPSA) is 102 Å². The number of nitrogens with one attached hydrogen (secondary N) is 2. The lowest BCUT2D eigenvalue weighted by atomic mass is 10.2. The highest BCUT2D eigenvalue weighted by molar-refractivity contribution is 6.06. The van der Waals surface area contributed by atoms with E-state index in [9.17, 15) is 4.79 Å². The molecule has 1 amide bonds. The molecule has 0 atom stereocenters. The minimum atomic E-state index is -0.390. The van der Waals surface area contributed by atoms with Crippen LogP contribution in [0.5, 0.6) is 11.5 Å². The van der Waals surface area contributed by atoms with Crippen molar-refractivity contribution in [3.05, 3.63) is 30.1 Å². The highest BCUT2D eigenvalue weighted by Gasteiger charge is 2.14. The third-order valence-electron chi connectivity index (χ3n) is 2.55. The second-order valence-electron chi connectivity index (χ2n) is 3.72. The van der Waals surface area contributed by atoms with Crippen LogP contribution < -0.4 is 20.5 Å². The van der Waals surface area contributed by atoms with Crippen LogP contribution in [0.15, 0.2) is 24.4 Å². The van der Waals surface area contributed by atoms with Gasteiger partial charge in [-0.1, -0.05) is 0 Å². The fraction of sp³-hybridized carbons (Fsp3) is 0.167. The number of nitrogens with two attached hydrogens (primary N) is 1. The van der Waals surface area contributed by atoms with Gasteiger partial charge in [0, 0.05) is 6.07 Å². The van der Waals surface area contributed by atoms with Crippen molar-refractivity contribution in [2.45, 2.75) is 0 Å². The second kappa shape index (κ2) is 5.30. The summed E-state index contributed by atoms with van der Waals surface area (Å²) in [5.41, 5.74) is 6.61. The zero-order valence-electron chi connectivity index (χ0n) is 10.6. The fourth-order valence-electron chi connectivity index (χ4n) is 1.56. The maximum atomic E-state index is 12.0. The average Bonchev–Trinajstić information content (AvgIpc) is 2.85. The van der Waals surface area contributed by atoms with Gasteiger partial charge in [-0.2, -0.15) is 5.10 Å². The molecular formula is C12H14N4O3. The van der Waals surface area contributed by atoms with Gasteiger partial charge >= 0.3 is 0 Å². The number of H-pyrrole nitrogens is 1. The molecule has 1 aromatic carbocycles. The van der Waals surface area contributed by atoms with Gasteiger partial charge in [0.1, 0.15) is 17.2 Å². The summed E-state index contributed by atoms with van der Waals surface area (Å²) >= 11 is 0. The van der Waals surface area contributed by atoms with Gasteiger partial charge in [0.15, 0.2) is 0 Å². The van der Waals surface area contributed by atoms with Crippen molar-refractivity contribution in [3.63, 3.8) is 0 Å². The van der Waals surface area contributed by atoms with Crippen molar-refractivity contribution in [1.29, 1.82) is 0 Å². The van der Waals surface area contributed by atoms with Crippen LogP contribution in [-0.2, 0) is 0 Å². The standard InChI is InChI=1S/C12H14N4O3/c1-18-7-3-4-9(10(5-7)19-2)15-12(17)11-8(13)6-14-16-11/h3-6H,13H2,1-2H3,(H,14,16)(H,15,17). The van der Waals surface area contributed by atoms with Crippen molar-refractivity contribution in [2.24, 2.45) is 0 Å². The molecule has 0 fully saturated rings. The summed E-state index contributed by atoms with van der Waals surface area (Å²) < 4.78 is 10.3. The molecule has 0 spiro atoms. The first-order valence-corrected chi connectivity index (χ1v) is 5.48. The van der Waals surface area contributed by atoms with Gasteiger partial charge in [-0.3, -0.25) is 9.89 Å². The number of carbonyl (C=O) groups excluding carboxylic acids is 1. The molecule has 2 rings (SSSR count). The van der Waals surface area contributed by atoms with Crippen molar-refractivity contribution in [1.82, 2.24) is 10.2 Å². The van der Waals surface area contributed by atoms with Gasteiger partial charge < -0.3 is 20.5 Å². The summed E-state index contributed by atoms with van der Waals surface area (Å²) in [5, 5.41) is 8.91. The summed E-state index contributed by atoms with van der Waals surface area (Å²) in [4.78, 5) is 12.0. The molecule has 7 nitrogen and oxygen atoms in total. The van der Waals surface area contributed by atoms with E-state index in [-0.39, 0.29) is 11.4 Å². The molecule has 0 aliphatic heterocycles. The van der Waals surface area contributed by atoms with Gasteiger partial charge in [0.05, 0.1) is 31.8 Å². The number of ether oxygens (including phenoxy) is 2. The maximum Gasteiger partial charge on any atom is 0.275 e. The fourth-order valence-corrected chi connectivity index (χ4v) is 1.56. The number of anilines is 2. The van der Waals surface area contributed by atoms with E-state index in [4.69, 9.17) is 15.2 Å². The molecule has 2 aromatic rings. The number of hydrogen-bond donors (Lipinski definition) is 3. The number of nitrogen functional groups attached to an aromatic ring is 1. The number of amides is 1. The van der Waals surface area contributed by atoms with E-state index < -0.39 is 5.91 Å². The Balaban J connectivity index is 2.24. The summed E-state index contributed by atoms with van der Waals surface area (Å²) in [7, 11) is 3.06. The quantitative estimate of drug-likeness (QED) is 0.769. The van der Waals surface area contributed by atoms with E-state index in [0.29, 0.717) is 17.2 Å². The molecule has 0 unspecified atom stereocenters. The SMILES string of the molecule is COc1ccc(NC(=O)c2[nH]ncc2N)c(OC)c1. The van der Waals surface area contributed by atoms with E-state index in [1.165, 1.54) is 13.3 Å². The molecule has 1 aromatic heterocycles. The van der Waals surface area contributed by atoms with E-state index >= 15 is 0 Å². The summed E-state index contributed by atoms with van der Waals surface area (Å²) in [5.74, 6) is 0.736. The molecule has 19 heavy (non-hydrogen) atoms. The largest absolute Gasteiger partial charge is 0.497 e. The molecule has 4 N–H and O–H groups in total. The van der Waals surface area contributed by atoms with Crippen LogP contribution in [0.1, 0.15) is 10.5 Å². The molecule has 0 saturated carbocycles. The lowest BCUT2D eigenvalue weighted by Gasteiger charge is -2.11. The Bertz CT molecular complexity index is 594. The van der Waals surface area contributed by atoms with Crippen LogP contribution in [0, 0.1) is 0 Å². The maximum absolute atomic E-state index is 12.0. The Morgan fingerprint density at radius 1 is 1.37 bits per heavy atom. The predicted octanol–water partition coefficient (Wildman–Crippen LogP) is 1.26. The Morgan fingerprint density at radius 2 is 2.16 bits per heavy atom. The number of methoxy groups -OCH3 is 2. The van der Waals surface area contributed by atoms with Crippen molar-refractivity contribution in [3.8, 4) is 11.5 Å². The molecule has 0 saturated heterocycles. The predicted molar refractivity (Wildman–Crippen MR) is 70.5 cm³/mol. The number of nitrogens with zero attached hydrogens (tertiary/aromatic N) is 1. The highest BCUT2D eigenvalue weighted by Crippen LogP contribution is 2.29. The van der Waals surface area contributed by atoms with Crippen LogP contribution in [-0.4, -0.2) is 30.3 Å². The smallest absolute Gasteiger partial charge is 0.275 e.